The molecule has 0 aromatic heterocycles. The lowest BCUT2D eigenvalue weighted by Crippen LogP contribution is -2.59. The van der Waals surface area contributed by atoms with Crippen LogP contribution in [0.2, 0.25) is 0 Å². The summed E-state index contributed by atoms with van der Waals surface area (Å²) in [4.78, 5) is 0. The summed E-state index contributed by atoms with van der Waals surface area (Å²) in [6.07, 6.45) is -1.97. The topological polar surface area (TPSA) is 154 Å². The van der Waals surface area contributed by atoms with E-state index in [0.29, 0.717) is 0 Å². The second kappa shape index (κ2) is 5.29. The molecule has 0 saturated heterocycles. The maximum atomic E-state index is 10.7. The Morgan fingerprint density at radius 2 is 1.25 bits per heavy atom. The molecule has 16 heavy (non-hydrogen) atoms. The van der Waals surface area contributed by atoms with Gasteiger partial charge in [-0.1, -0.05) is 10.5 Å². The van der Waals surface area contributed by atoms with Gasteiger partial charge in [0.2, 0.25) is 0 Å². The number of nitrogens with zero attached hydrogens (tertiary/aromatic N) is 3. The molecule has 0 radical (unpaired) electrons. The Morgan fingerprint density at radius 3 is 1.50 bits per heavy atom. The third-order valence-corrected chi connectivity index (χ3v) is 2.72. The monoisotopic (exact) mass is 240 g/mol. The molecule has 0 aliphatic heterocycles. The lowest BCUT2D eigenvalue weighted by atomic mass is 9.85. The molecule has 0 aromatic rings. The van der Waals surface area contributed by atoms with E-state index >= 15 is 0 Å². The number of aliphatic hydroxyl groups is 1. The van der Waals surface area contributed by atoms with Gasteiger partial charge in [-0.15, -0.1) is 0 Å². The van der Waals surface area contributed by atoms with Gasteiger partial charge in [0.1, 0.15) is 0 Å². The van der Waals surface area contributed by atoms with Gasteiger partial charge in [-0.3, -0.25) is 26.1 Å². The second-order valence-electron chi connectivity index (χ2n) is 3.69. The molecule has 0 aromatic carbocycles. The van der Waals surface area contributed by atoms with Crippen LogP contribution in [0.25, 0.3) is 0 Å². The van der Waals surface area contributed by atoms with Crippen LogP contribution in [0.5, 0.6) is 0 Å². The van der Waals surface area contributed by atoms with Crippen LogP contribution in [-0.2, 0) is 0 Å². The third-order valence-electron chi connectivity index (χ3n) is 2.72. The highest BCUT2D eigenvalue weighted by atomic mass is 16.8. The predicted molar refractivity (Wildman–Crippen MR) is 44.4 cm³/mol. The van der Waals surface area contributed by atoms with Crippen molar-refractivity contribution in [2.75, 3.05) is 0 Å². The highest BCUT2D eigenvalue weighted by Crippen LogP contribution is 2.27. The van der Waals surface area contributed by atoms with Crippen molar-refractivity contribution in [2.45, 2.75) is 37.1 Å². The van der Waals surface area contributed by atoms with E-state index in [9.17, 15) is 10.3 Å². The van der Waals surface area contributed by atoms with Gasteiger partial charge in [-0.05, 0) is 12.8 Å². The van der Waals surface area contributed by atoms with Crippen molar-refractivity contribution in [1.29, 1.82) is 0 Å². The Kier molecular flexibility index (Phi) is 4.52. The summed E-state index contributed by atoms with van der Waals surface area (Å²) in [5, 5.41) is 63.0. The zero-order chi connectivity index (χ0) is 12.5. The first-order chi connectivity index (χ1) is 7.34. The zero-order valence-corrected chi connectivity index (χ0v) is 8.16. The van der Waals surface area contributed by atoms with E-state index in [4.69, 9.17) is 26.0 Å². The van der Waals surface area contributed by atoms with Crippen LogP contribution in [0, 0.1) is 5.21 Å². The SMILES string of the molecule is [O-]N(O)C1CC(N(O)O)C(O)C(N(O)O)C1. The van der Waals surface area contributed by atoms with Crippen molar-refractivity contribution in [3.05, 3.63) is 5.21 Å². The van der Waals surface area contributed by atoms with Crippen molar-refractivity contribution in [3.63, 3.8) is 0 Å². The normalized spacial score (nSPS) is 36.4. The molecule has 0 heterocycles. The molecule has 6 N–H and O–H groups in total. The van der Waals surface area contributed by atoms with Crippen LogP contribution in [0.4, 0.5) is 0 Å². The molecule has 2 atom stereocenters. The fourth-order valence-electron chi connectivity index (χ4n) is 1.83. The van der Waals surface area contributed by atoms with Crippen molar-refractivity contribution in [3.8, 4) is 0 Å². The van der Waals surface area contributed by atoms with Crippen LogP contribution in [0.15, 0.2) is 0 Å². The molecule has 0 bridgehead atoms. The van der Waals surface area contributed by atoms with Crippen molar-refractivity contribution >= 4 is 0 Å². The summed E-state index contributed by atoms with van der Waals surface area (Å²) in [6.45, 7) is 0. The second-order valence-corrected chi connectivity index (χ2v) is 3.69. The van der Waals surface area contributed by atoms with E-state index in [1.165, 1.54) is 0 Å². The molecule has 0 spiro atoms. The van der Waals surface area contributed by atoms with Gasteiger partial charge in [0.25, 0.3) is 0 Å². The van der Waals surface area contributed by atoms with Crippen molar-refractivity contribution in [1.82, 2.24) is 15.7 Å². The molecule has 1 fully saturated rings. The minimum absolute atomic E-state index is 0.238. The van der Waals surface area contributed by atoms with Gasteiger partial charge in [-0.25, -0.2) is 0 Å². The van der Waals surface area contributed by atoms with Crippen molar-refractivity contribution < 1.29 is 31.1 Å². The largest absolute Gasteiger partial charge is 0.762 e. The zero-order valence-electron chi connectivity index (χ0n) is 8.16. The molecular weight excluding hydrogens is 226 g/mol. The maximum Gasteiger partial charge on any atom is 0.0947 e. The smallest absolute Gasteiger partial charge is 0.0947 e. The van der Waals surface area contributed by atoms with E-state index in [-0.39, 0.29) is 23.3 Å². The number of aliphatic hydroxyl groups excluding tert-OH is 1. The highest BCUT2D eigenvalue weighted by molar-refractivity contribution is 4.93. The minimum atomic E-state index is -1.50. The average Bonchev–Trinajstić information content (AvgIpc) is 2.16. The Hall–Kier alpha value is -0.400. The standard InChI is InChI=1S/C6H14N3O7/c10-6-4(8(13)14)1-3(7(11)12)2-5(6)9(15)16/h3-6,10-11,13-16H,1-2H2/q-1. The van der Waals surface area contributed by atoms with E-state index in [1.54, 1.807) is 0 Å². The fraction of sp³-hybridized carbons (Fsp3) is 1.00. The summed E-state index contributed by atoms with van der Waals surface area (Å²) in [6, 6.07) is -3.70. The Morgan fingerprint density at radius 1 is 0.875 bits per heavy atom. The number of rotatable bonds is 3. The third kappa shape index (κ3) is 2.83. The predicted octanol–water partition coefficient (Wildman–Crippen LogP) is -1.40. The van der Waals surface area contributed by atoms with E-state index in [2.05, 4.69) is 0 Å². The van der Waals surface area contributed by atoms with Crippen LogP contribution in [0.3, 0.4) is 0 Å². The summed E-state index contributed by atoms with van der Waals surface area (Å²) in [7, 11) is 0. The Bertz CT molecular complexity index is 208. The van der Waals surface area contributed by atoms with Gasteiger partial charge in [0, 0.05) is 6.04 Å². The molecule has 1 aliphatic rings. The number of hydroxylamine groups is 6. The summed E-state index contributed by atoms with van der Waals surface area (Å²) in [5.41, 5.74) is 0. The summed E-state index contributed by atoms with van der Waals surface area (Å²) < 4.78 is 0. The Balaban J connectivity index is 2.80. The van der Waals surface area contributed by atoms with E-state index < -0.39 is 29.5 Å². The molecule has 10 nitrogen and oxygen atoms in total. The summed E-state index contributed by atoms with van der Waals surface area (Å²) >= 11 is 0. The molecule has 2 unspecified atom stereocenters. The molecule has 1 saturated carbocycles. The molecule has 96 valence electrons. The quantitative estimate of drug-likeness (QED) is 0.324. The Labute approximate surface area is 90.1 Å². The molecule has 1 aliphatic carbocycles. The van der Waals surface area contributed by atoms with Gasteiger partial charge in [0.15, 0.2) is 0 Å². The first kappa shape index (κ1) is 13.7. The fourth-order valence-corrected chi connectivity index (χ4v) is 1.83. The molecule has 0 amide bonds. The molecular formula is C6H14N3O7-. The van der Waals surface area contributed by atoms with Crippen LogP contribution in [-0.4, -0.2) is 71.1 Å². The first-order valence-corrected chi connectivity index (χ1v) is 4.52. The van der Waals surface area contributed by atoms with Crippen molar-refractivity contribution in [2.24, 2.45) is 0 Å². The average molecular weight is 240 g/mol. The maximum absolute atomic E-state index is 10.7. The van der Waals surface area contributed by atoms with Gasteiger partial charge in [0.05, 0.1) is 18.2 Å². The minimum Gasteiger partial charge on any atom is -0.762 e. The number of hydrogen-bond acceptors (Lipinski definition) is 10. The first-order valence-electron chi connectivity index (χ1n) is 4.52. The van der Waals surface area contributed by atoms with Crippen LogP contribution < -0.4 is 0 Å². The van der Waals surface area contributed by atoms with Gasteiger partial charge < -0.3 is 15.5 Å². The van der Waals surface area contributed by atoms with E-state index in [1.807, 2.05) is 0 Å². The van der Waals surface area contributed by atoms with Gasteiger partial charge >= 0.3 is 0 Å². The van der Waals surface area contributed by atoms with Crippen LogP contribution in [0.1, 0.15) is 12.8 Å². The lowest BCUT2D eigenvalue weighted by molar-refractivity contribution is -0.385. The number of hydrogen-bond donors (Lipinski definition) is 6. The molecule has 1 rings (SSSR count). The van der Waals surface area contributed by atoms with Crippen LogP contribution >= 0.6 is 0 Å². The highest BCUT2D eigenvalue weighted by Gasteiger charge is 2.42. The van der Waals surface area contributed by atoms with Gasteiger partial charge in [-0.2, -0.15) is 0 Å². The van der Waals surface area contributed by atoms with E-state index in [0.717, 1.165) is 0 Å². The lowest BCUT2D eigenvalue weighted by Gasteiger charge is -2.44. The molecule has 10 heteroatoms. The summed E-state index contributed by atoms with van der Waals surface area (Å²) in [5.74, 6) is 0.